The van der Waals surface area contributed by atoms with Crippen molar-refractivity contribution >= 4 is 17.7 Å². The van der Waals surface area contributed by atoms with Crippen molar-refractivity contribution in [3.63, 3.8) is 0 Å². The number of hydrogen-bond acceptors (Lipinski definition) is 3. The zero-order valence-electron chi connectivity index (χ0n) is 17.7. The zero-order valence-corrected chi connectivity index (χ0v) is 17.7. The molecule has 0 aliphatic heterocycles. The molecule has 1 amide bonds. The molecule has 0 saturated carbocycles. The van der Waals surface area contributed by atoms with Crippen molar-refractivity contribution < 1.29 is 9.72 Å². The summed E-state index contributed by atoms with van der Waals surface area (Å²) in [6.07, 6.45) is 7.21. The van der Waals surface area contributed by atoms with Crippen molar-refractivity contribution in [2.24, 2.45) is 0 Å². The van der Waals surface area contributed by atoms with Gasteiger partial charge < -0.3 is 9.47 Å². The lowest BCUT2D eigenvalue weighted by Crippen LogP contribution is -2.31. The summed E-state index contributed by atoms with van der Waals surface area (Å²) in [6, 6.07) is 20.5. The Bertz CT molecular complexity index is 1020. The molecule has 0 aliphatic carbocycles. The number of nitrogens with zero attached hydrogens (tertiary/aromatic N) is 3. The number of carbonyl (C=O) groups is 1. The monoisotopic (exact) mass is 417 g/mol. The second kappa shape index (κ2) is 10.9. The Hall–Kier alpha value is -3.67. The molecule has 0 fully saturated rings. The van der Waals surface area contributed by atoms with Crippen LogP contribution in [0, 0.1) is 10.1 Å². The van der Waals surface area contributed by atoms with Gasteiger partial charge in [0, 0.05) is 43.2 Å². The fourth-order valence-electron chi connectivity index (χ4n) is 3.32. The summed E-state index contributed by atoms with van der Waals surface area (Å²) in [5, 5.41) is 10.8. The van der Waals surface area contributed by atoms with Crippen molar-refractivity contribution in [3.05, 3.63) is 106 Å². The third-order valence-electron chi connectivity index (χ3n) is 5.09. The molecule has 3 rings (SSSR count). The number of unbranched alkanes of at least 4 members (excludes halogenated alkanes) is 1. The molecular formula is C25H27N3O3. The first-order valence-electron chi connectivity index (χ1n) is 10.5. The Balaban J connectivity index is 1.70. The summed E-state index contributed by atoms with van der Waals surface area (Å²) in [5.41, 5.74) is 3.08. The van der Waals surface area contributed by atoms with Crippen LogP contribution in [0.5, 0.6) is 0 Å². The summed E-state index contributed by atoms with van der Waals surface area (Å²) in [7, 11) is 0. The van der Waals surface area contributed by atoms with E-state index in [-0.39, 0.29) is 11.6 Å². The molecule has 0 saturated heterocycles. The molecule has 0 N–H and O–H groups in total. The number of aromatic nitrogens is 1. The number of nitro benzene ring substituents is 1. The minimum absolute atomic E-state index is 0.0345. The predicted molar refractivity (Wildman–Crippen MR) is 122 cm³/mol. The molecule has 0 aliphatic rings. The molecule has 6 nitrogen and oxygen atoms in total. The highest BCUT2D eigenvalue weighted by atomic mass is 16.6. The topological polar surface area (TPSA) is 68.4 Å². The molecule has 6 heteroatoms. The van der Waals surface area contributed by atoms with Gasteiger partial charge in [0.1, 0.15) is 0 Å². The molecule has 0 bridgehead atoms. The van der Waals surface area contributed by atoms with Crippen molar-refractivity contribution in [2.45, 2.75) is 32.9 Å². The number of nitro groups is 1. The Morgan fingerprint density at radius 3 is 2.48 bits per heavy atom. The third kappa shape index (κ3) is 6.40. The van der Waals surface area contributed by atoms with Gasteiger partial charge in [-0.3, -0.25) is 14.9 Å². The Kier molecular flexibility index (Phi) is 7.76. The van der Waals surface area contributed by atoms with Crippen molar-refractivity contribution in [3.8, 4) is 0 Å². The van der Waals surface area contributed by atoms with Crippen molar-refractivity contribution in [1.82, 2.24) is 9.47 Å². The fraction of sp³-hybridized carbons (Fsp3) is 0.240. The second-order valence-electron chi connectivity index (χ2n) is 7.41. The van der Waals surface area contributed by atoms with Gasteiger partial charge in [0.15, 0.2) is 0 Å². The minimum Gasteiger partial charge on any atom is -0.345 e. The first-order chi connectivity index (χ1) is 15.1. The van der Waals surface area contributed by atoms with Crippen molar-refractivity contribution in [2.75, 3.05) is 6.54 Å². The van der Waals surface area contributed by atoms with Gasteiger partial charge >= 0.3 is 0 Å². The molecule has 0 atom stereocenters. The van der Waals surface area contributed by atoms with Crippen LogP contribution in [0.1, 0.15) is 36.6 Å². The van der Waals surface area contributed by atoms with Crippen LogP contribution in [0.15, 0.2) is 79.0 Å². The summed E-state index contributed by atoms with van der Waals surface area (Å²) in [6.45, 7) is 4.07. The molecule has 0 unspecified atom stereocenters. The fourth-order valence-corrected chi connectivity index (χ4v) is 3.32. The summed E-state index contributed by atoms with van der Waals surface area (Å²) < 4.78 is 2.17. The predicted octanol–water partition coefficient (Wildman–Crippen LogP) is 5.29. The van der Waals surface area contributed by atoms with Gasteiger partial charge in [0.05, 0.1) is 11.5 Å². The smallest absolute Gasteiger partial charge is 0.269 e. The normalized spacial score (nSPS) is 11.0. The van der Waals surface area contributed by atoms with E-state index >= 15 is 0 Å². The summed E-state index contributed by atoms with van der Waals surface area (Å²) in [4.78, 5) is 25.1. The molecule has 160 valence electrons. The molecule has 3 aromatic rings. The summed E-state index contributed by atoms with van der Waals surface area (Å²) in [5.74, 6) is -0.0701. The molecule has 31 heavy (non-hydrogen) atoms. The van der Waals surface area contributed by atoms with Crippen LogP contribution < -0.4 is 0 Å². The molecule has 2 aromatic carbocycles. The van der Waals surface area contributed by atoms with E-state index < -0.39 is 4.92 Å². The molecular weight excluding hydrogens is 390 g/mol. The average molecular weight is 418 g/mol. The van der Waals surface area contributed by atoms with E-state index in [2.05, 4.69) is 29.7 Å². The lowest BCUT2D eigenvalue weighted by Gasteiger charge is -2.22. The van der Waals surface area contributed by atoms with Crippen LogP contribution in [0.25, 0.3) is 6.08 Å². The van der Waals surface area contributed by atoms with Gasteiger partial charge in [-0.05, 0) is 47.9 Å². The highest BCUT2D eigenvalue weighted by Crippen LogP contribution is 2.15. The van der Waals surface area contributed by atoms with Gasteiger partial charge in [0.25, 0.3) is 5.69 Å². The molecule has 0 spiro atoms. The van der Waals surface area contributed by atoms with Gasteiger partial charge in [-0.15, -0.1) is 0 Å². The lowest BCUT2D eigenvalue weighted by molar-refractivity contribution is -0.384. The average Bonchev–Trinajstić information content (AvgIpc) is 3.22. The number of benzene rings is 2. The third-order valence-corrected chi connectivity index (χ3v) is 5.09. The van der Waals surface area contributed by atoms with E-state index in [9.17, 15) is 14.9 Å². The van der Waals surface area contributed by atoms with Crippen LogP contribution in [-0.4, -0.2) is 26.8 Å². The second-order valence-corrected chi connectivity index (χ2v) is 7.41. The quantitative estimate of drug-likeness (QED) is 0.256. The Morgan fingerprint density at radius 2 is 1.81 bits per heavy atom. The van der Waals surface area contributed by atoms with Crippen LogP contribution >= 0.6 is 0 Å². The number of rotatable bonds is 10. The van der Waals surface area contributed by atoms with Gasteiger partial charge in [-0.2, -0.15) is 0 Å². The van der Waals surface area contributed by atoms with Gasteiger partial charge in [-0.25, -0.2) is 0 Å². The Morgan fingerprint density at radius 1 is 1.06 bits per heavy atom. The first-order valence-corrected chi connectivity index (χ1v) is 10.5. The number of hydrogen-bond donors (Lipinski definition) is 0. The minimum atomic E-state index is -0.435. The number of non-ortho nitro benzene ring substituents is 1. The number of amides is 1. The maximum atomic E-state index is 12.9. The molecule has 1 heterocycles. The highest BCUT2D eigenvalue weighted by molar-refractivity contribution is 5.91. The maximum absolute atomic E-state index is 12.9. The van der Waals surface area contributed by atoms with Gasteiger partial charge in [0.2, 0.25) is 5.91 Å². The van der Waals surface area contributed by atoms with E-state index in [1.54, 1.807) is 24.3 Å². The lowest BCUT2D eigenvalue weighted by atomic mass is 10.2. The van der Waals surface area contributed by atoms with E-state index in [4.69, 9.17) is 0 Å². The molecule has 0 radical (unpaired) electrons. The van der Waals surface area contributed by atoms with E-state index in [1.165, 1.54) is 17.7 Å². The van der Waals surface area contributed by atoms with E-state index in [0.29, 0.717) is 13.1 Å². The van der Waals surface area contributed by atoms with E-state index in [1.807, 2.05) is 35.4 Å². The Labute approximate surface area is 182 Å². The molecule has 1 aromatic heterocycles. The highest BCUT2D eigenvalue weighted by Gasteiger charge is 2.13. The van der Waals surface area contributed by atoms with Crippen LogP contribution in [-0.2, 0) is 17.9 Å². The largest absolute Gasteiger partial charge is 0.345 e. The summed E-state index contributed by atoms with van der Waals surface area (Å²) >= 11 is 0. The standard InChI is InChI=1S/C25H27N3O3/c1-2-3-17-27(25(29)16-13-21-11-14-23(15-12-21)28(30)31)20-24-10-7-18-26(24)19-22-8-5-4-6-9-22/h4-16,18H,2-3,17,19-20H2,1H3. The number of carbonyl (C=O) groups excluding carboxylic acids is 1. The van der Waals surface area contributed by atoms with Crippen LogP contribution in [0.4, 0.5) is 5.69 Å². The zero-order chi connectivity index (χ0) is 22.1. The van der Waals surface area contributed by atoms with Gasteiger partial charge in [-0.1, -0.05) is 43.7 Å². The first kappa shape index (κ1) is 22.0. The van der Waals surface area contributed by atoms with Crippen molar-refractivity contribution in [1.29, 1.82) is 0 Å². The van der Waals surface area contributed by atoms with Crippen LogP contribution in [0.3, 0.4) is 0 Å². The maximum Gasteiger partial charge on any atom is 0.269 e. The van der Waals surface area contributed by atoms with Crippen LogP contribution in [0.2, 0.25) is 0 Å². The SMILES string of the molecule is CCCCN(Cc1cccn1Cc1ccccc1)C(=O)C=Cc1ccc([N+](=O)[O-])cc1. The van der Waals surface area contributed by atoms with E-state index in [0.717, 1.165) is 30.6 Å².